The number of anilines is 2. The number of nitrogens with zero attached hydrogens (tertiary/aromatic N) is 1. The number of hydrogen-bond donors (Lipinski definition) is 2. The quantitative estimate of drug-likeness (QED) is 0.539. The van der Waals surface area contributed by atoms with Crippen LogP contribution in [0.5, 0.6) is 0 Å². The van der Waals surface area contributed by atoms with Gasteiger partial charge in [-0.15, -0.1) is 0 Å². The van der Waals surface area contributed by atoms with Crippen molar-refractivity contribution in [3.8, 4) is 0 Å². The van der Waals surface area contributed by atoms with Crippen molar-refractivity contribution in [3.63, 3.8) is 0 Å². The maximum atomic E-state index is 13.3. The lowest BCUT2D eigenvalue weighted by Crippen LogP contribution is -2.38. The number of benzene rings is 2. The molecule has 182 valence electrons. The molecule has 1 spiro atoms. The number of rotatable bonds is 5. The Bertz CT molecular complexity index is 1380. The summed E-state index contributed by atoms with van der Waals surface area (Å²) >= 11 is 0. The summed E-state index contributed by atoms with van der Waals surface area (Å²) < 4.78 is 12.4. The first-order valence-corrected chi connectivity index (χ1v) is 12.4. The number of aromatic carboxylic acids is 1. The van der Waals surface area contributed by atoms with Crippen molar-refractivity contribution in [1.29, 1.82) is 0 Å². The maximum absolute atomic E-state index is 13.3. The number of fused-ring (bicyclic) bond motifs is 3. The molecule has 3 unspecified atom stereocenters. The van der Waals surface area contributed by atoms with Crippen LogP contribution in [0.1, 0.15) is 53.7 Å². The van der Waals surface area contributed by atoms with Crippen molar-refractivity contribution in [2.24, 2.45) is 11.3 Å². The molecule has 0 radical (unpaired) electrons. The van der Waals surface area contributed by atoms with Crippen molar-refractivity contribution in [2.75, 3.05) is 30.0 Å². The first-order valence-electron chi connectivity index (χ1n) is 12.4. The molecule has 3 heterocycles. The zero-order chi connectivity index (χ0) is 24.3. The molecule has 35 heavy (non-hydrogen) atoms. The monoisotopic (exact) mass is 474 g/mol. The average Bonchev–Trinajstić information content (AvgIpc) is 3.40. The van der Waals surface area contributed by atoms with Gasteiger partial charge in [-0.05, 0) is 55.9 Å². The highest BCUT2D eigenvalue weighted by Crippen LogP contribution is 2.56. The highest BCUT2D eigenvalue weighted by atomic mass is 16.5. The first-order chi connectivity index (χ1) is 16.9. The Balaban J connectivity index is 1.42. The predicted octanol–water partition coefficient (Wildman–Crippen LogP) is 4.98. The third-order valence-corrected chi connectivity index (χ3v) is 8.34. The van der Waals surface area contributed by atoms with Crippen molar-refractivity contribution in [1.82, 2.24) is 0 Å². The van der Waals surface area contributed by atoms with Crippen molar-refractivity contribution < 1.29 is 19.1 Å². The molecule has 3 fully saturated rings. The Kier molecular flexibility index (Phi) is 5.14. The summed E-state index contributed by atoms with van der Waals surface area (Å²) in [4.78, 5) is 27.3. The molecule has 1 aliphatic carbocycles. The second kappa shape index (κ2) is 8.12. The van der Waals surface area contributed by atoms with E-state index in [-0.39, 0.29) is 28.5 Å². The van der Waals surface area contributed by atoms with Crippen LogP contribution in [0.4, 0.5) is 11.6 Å². The van der Waals surface area contributed by atoms with E-state index < -0.39 is 5.97 Å². The molecule has 6 rings (SSSR count). The van der Waals surface area contributed by atoms with Crippen molar-refractivity contribution >= 4 is 28.5 Å². The van der Waals surface area contributed by atoms with Crippen molar-refractivity contribution in [2.45, 2.75) is 45.2 Å². The molecule has 3 aliphatic rings. The Morgan fingerprint density at radius 3 is 2.74 bits per heavy atom. The Labute approximate surface area is 203 Å². The number of nitrogens with one attached hydrogen (secondary N) is 1. The number of carboxylic acid groups (broad SMARTS) is 1. The molecule has 2 aromatic carbocycles. The summed E-state index contributed by atoms with van der Waals surface area (Å²) in [5, 5.41) is 13.5. The fourth-order valence-electron chi connectivity index (χ4n) is 6.40. The van der Waals surface area contributed by atoms with E-state index >= 15 is 0 Å². The van der Waals surface area contributed by atoms with Gasteiger partial charge in [-0.1, -0.05) is 24.6 Å². The van der Waals surface area contributed by atoms with Gasteiger partial charge in [0.25, 0.3) is 0 Å². The average molecular weight is 475 g/mol. The van der Waals surface area contributed by atoms with E-state index in [4.69, 9.17) is 9.15 Å². The van der Waals surface area contributed by atoms with Crippen LogP contribution in [0.15, 0.2) is 51.7 Å². The lowest BCUT2D eigenvalue weighted by Gasteiger charge is -2.42. The van der Waals surface area contributed by atoms with E-state index in [1.165, 1.54) is 19.3 Å². The Morgan fingerprint density at radius 2 is 2.00 bits per heavy atom. The van der Waals surface area contributed by atoms with Crippen LogP contribution >= 0.6 is 0 Å². The lowest BCUT2D eigenvalue weighted by molar-refractivity contribution is 0.0670. The van der Waals surface area contributed by atoms with Gasteiger partial charge in [0.05, 0.1) is 36.2 Å². The summed E-state index contributed by atoms with van der Waals surface area (Å²) in [5.41, 5.74) is 3.28. The number of aryl methyl sites for hydroxylation is 1. The van der Waals surface area contributed by atoms with E-state index in [1.807, 2.05) is 26.0 Å². The van der Waals surface area contributed by atoms with Gasteiger partial charge in [-0.2, -0.15) is 0 Å². The largest absolute Gasteiger partial charge is 0.478 e. The number of carboxylic acids is 1. The molecule has 0 bridgehead atoms. The van der Waals surface area contributed by atoms with E-state index in [0.29, 0.717) is 35.1 Å². The van der Waals surface area contributed by atoms with Gasteiger partial charge in [0.15, 0.2) is 11.3 Å². The van der Waals surface area contributed by atoms with Gasteiger partial charge in [0.2, 0.25) is 0 Å². The fraction of sp³-hybridized carbons (Fsp3) is 0.429. The summed E-state index contributed by atoms with van der Waals surface area (Å²) in [6, 6.07) is 12.3. The smallest absolute Gasteiger partial charge is 0.337 e. The van der Waals surface area contributed by atoms with E-state index in [0.717, 1.165) is 24.3 Å². The number of carbonyl (C=O) groups is 1. The van der Waals surface area contributed by atoms with Crippen LogP contribution in [0.25, 0.3) is 11.0 Å². The lowest BCUT2D eigenvalue weighted by atomic mass is 9.62. The highest BCUT2D eigenvalue weighted by molar-refractivity contribution is 5.94. The van der Waals surface area contributed by atoms with Gasteiger partial charge < -0.3 is 24.5 Å². The van der Waals surface area contributed by atoms with Gasteiger partial charge in [-0.25, -0.2) is 4.79 Å². The van der Waals surface area contributed by atoms with Gasteiger partial charge in [-0.3, -0.25) is 4.79 Å². The van der Waals surface area contributed by atoms with Gasteiger partial charge in [0.1, 0.15) is 5.58 Å². The minimum Gasteiger partial charge on any atom is -0.478 e. The fourth-order valence-corrected chi connectivity index (χ4v) is 6.40. The molecule has 3 aromatic rings. The zero-order valence-electron chi connectivity index (χ0n) is 20.0. The first kappa shape index (κ1) is 22.2. The molecule has 1 saturated carbocycles. The zero-order valence-corrected chi connectivity index (χ0v) is 20.0. The van der Waals surface area contributed by atoms with Crippen molar-refractivity contribution in [3.05, 3.63) is 69.4 Å². The van der Waals surface area contributed by atoms with Crippen LogP contribution in [0, 0.1) is 18.3 Å². The predicted molar refractivity (Wildman–Crippen MR) is 134 cm³/mol. The normalized spacial score (nSPS) is 23.3. The Morgan fingerprint density at radius 1 is 1.20 bits per heavy atom. The molecule has 1 aromatic heterocycles. The third kappa shape index (κ3) is 3.52. The molecule has 3 atom stereocenters. The molecule has 2 saturated heterocycles. The molecule has 7 nitrogen and oxygen atoms in total. The number of para-hydroxylation sites is 1. The highest BCUT2D eigenvalue weighted by Gasteiger charge is 2.58. The molecule has 2 aliphatic heterocycles. The van der Waals surface area contributed by atoms with Crippen LogP contribution < -0.4 is 15.6 Å². The second-order valence-electron chi connectivity index (χ2n) is 10.5. The molecule has 0 amide bonds. The molecule has 2 N–H and O–H groups in total. The van der Waals surface area contributed by atoms with E-state index in [2.05, 4.69) is 10.2 Å². The number of hydrogen-bond acceptors (Lipinski definition) is 6. The maximum Gasteiger partial charge on any atom is 0.337 e. The van der Waals surface area contributed by atoms with E-state index in [1.54, 1.807) is 30.3 Å². The molecular weight excluding hydrogens is 444 g/mol. The minimum absolute atomic E-state index is 0.0608. The standard InChI is InChI=1S/C28H30N2O5/c1-16-10-19(17(2)29-22-7-4-3-6-18(22)27(32)33)26-20(11-16)24(31)12-25(35-26)30-15-28(8-5-9-28)21-13-34-14-23(21)30/h3-4,6-7,10-12,17,21,23,29H,5,8-9,13-15H2,1-2H3,(H,32,33). The van der Waals surface area contributed by atoms with Crippen LogP contribution in [0.2, 0.25) is 0 Å². The minimum atomic E-state index is -0.990. The van der Waals surface area contributed by atoms with Crippen LogP contribution in [0.3, 0.4) is 0 Å². The summed E-state index contributed by atoms with van der Waals surface area (Å²) in [6.45, 7) is 6.27. The second-order valence-corrected chi connectivity index (χ2v) is 10.5. The Hall–Kier alpha value is -3.32. The van der Waals surface area contributed by atoms with Crippen LogP contribution in [-0.4, -0.2) is 36.9 Å². The summed E-state index contributed by atoms with van der Waals surface area (Å²) in [6.07, 6.45) is 3.67. The SMILES string of the molecule is Cc1cc(C(C)Nc2ccccc2C(=O)O)c2oc(N3CC4(CCC4)C4COCC43)cc(=O)c2c1. The number of ether oxygens (including phenoxy) is 1. The summed E-state index contributed by atoms with van der Waals surface area (Å²) in [5.74, 6) is 0.105. The van der Waals surface area contributed by atoms with E-state index in [9.17, 15) is 14.7 Å². The molecular formula is C28H30N2O5. The third-order valence-electron chi connectivity index (χ3n) is 8.34. The molecule has 7 heteroatoms. The summed E-state index contributed by atoms with van der Waals surface area (Å²) in [7, 11) is 0. The van der Waals surface area contributed by atoms with Gasteiger partial charge in [0, 0.05) is 29.8 Å². The van der Waals surface area contributed by atoms with Gasteiger partial charge >= 0.3 is 5.97 Å². The topological polar surface area (TPSA) is 92.0 Å². The van der Waals surface area contributed by atoms with Crippen LogP contribution in [-0.2, 0) is 4.74 Å².